The molecule has 1 aliphatic carbocycles. The summed E-state index contributed by atoms with van der Waals surface area (Å²) in [5.41, 5.74) is 8.87. The van der Waals surface area contributed by atoms with Gasteiger partial charge in [-0.2, -0.15) is 0 Å². The predicted octanol–water partition coefficient (Wildman–Crippen LogP) is 4.31. The van der Waals surface area contributed by atoms with Crippen molar-refractivity contribution in [2.75, 3.05) is 0 Å². The molecule has 0 spiro atoms. The summed E-state index contributed by atoms with van der Waals surface area (Å²) in [5, 5.41) is 4.62. The number of benzene rings is 2. The number of H-pyrrole nitrogens is 1. The maximum absolute atomic E-state index is 12.5. The molecule has 0 bridgehead atoms. The molecule has 2 N–H and O–H groups in total. The van der Waals surface area contributed by atoms with E-state index in [-0.39, 0.29) is 11.9 Å². The van der Waals surface area contributed by atoms with Gasteiger partial charge in [0.2, 0.25) is 5.91 Å². The van der Waals surface area contributed by atoms with E-state index in [1.807, 2.05) is 18.2 Å². The molecule has 0 unspecified atom stereocenters. The minimum absolute atomic E-state index is 0.125. The quantitative estimate of drug-likeness (QED) is 0.729. The Morgan fingerprint density at radius 3 is 2.77 bits per heavy atom. The smallest absolute Gasteiger partial charge is 0.224 e. The van der Waals surface area contributed by atoms with Gasteiger partial charge < -0.3 is 10.3 Å². The summed E-state index contributed by atoms with van der Waals surface area (Å²) in [6.45, 7) is 6.39. The second-order valence-electron chi connectivity index (χ2n) is 7.70. The minimum Gasteiger partial charge on any atom is -0.358 e. The van der Waals surface area contributed by atoms with Crippen molar-refractivity contribution >= 4 is 16.8 Å². The van der Waals surface area contributed by atoms with Crippen LogP contribution in [0, 0.1) is 20.8 Å². The van der Waals surface area contributed by atoms with E-state index in [1.54, 1.807) is 0 Å². The molecular weight excluding hydrogens is 320 g/mol. The van der Waals surface area contributed by atoms with Crippen LogP contribution in [0.2, 0.25) is 0 Å². The summed E-state index contributed by atoms with van der Waals surface area (Å²) in [5.74, 6) is 0.125. The molecule has 1 atom stereocenters. The van der Waals surface area contributed by atoms with Gasteiger partial charge in [-0.1, -0.05) is 30.3 Å². The van der Waals surface area contributed by atoms with E-state index < -0.39 is 0 Å². The van der Waals surface area contributed by atoms with Crippen molar-refractivity contribution in [3.05, 3.63) is 69.9 Å². The fourth-order valence-corrected chi connectivity index (χ4v) is 4.34. The third-order valence-corrected chi connectivity index (χ3v) is 5.60. The molecule has 0 aliphatic heterocycles. The molecule has 26 heavy (non-hydrogen) atoms. The van der Waals surface area contributed by atoms with Gasteiger partial charge in [-0.15, -0.1) is 0 Å². The highest BCUT2D eigenvalue weighted by molar-refractivity contribution is 5.89. The lowest BCUT2D eigenvalue weighted by Gasteiger charge is -2.24. The molecule has 1 aromatic heterocycles. The third kappa shape index (κ3) is 3.14. The Hall–Kier alpha value is -2.55. The fraction of sp³-hybridized carbons (Fsp3) is 0.348. The Morgan fingerprint density at radius 2 is 1.96 bits per heavy atom. The van der Waals surface area contributed by atoms with Gasteiger partial charge in [0.15, 0.2) is 0 Å². The Bertz CT molecular complexity index is 983. The zero-order valence-electron chi connectivity index (χ0n) is 15.8. The Kier molecular flexibility index (Phi) is 4.31. The predicted molar refractivity (Wildman–Crippen MR) is 107 cm³/mol. The highest BCUT2D eigenvalue weighted by Gasteiger charge is 2.24. The SMILES string of the molecule is Cc1cc(C)c2c3c([nH]c2c1)CC[C@H](NC(=O)Cc1ccccc1C)C3. The molecule has 2 aromatic carbocycles. The van der Waals surface area contributed by atoms with Crippen LogP contribution in [0.1, 0.15) is 39.9 Å². The van der Waals surface area contributed by atoms with Crippen LogP contribution in [0.5, 0.6) is 0 Å². The summed E-state index contributed by atoms with van der Waals surface area (Å²) in [6.07, 6.45) is 3.37. The minimum atomic E-state index is 0.125. The number of hydrogen-bond donors (Lipinski definition) is 2. The van der Waals surface area contributed by atoms with Crippen molar-refractivity contribution in [3.8, 4) is 0 Å². The van der Waals surface area contributed by atoms with Crippen LogP contribution < -0.4 is 5.32 Å². The van der Waals surface area contributed by atoms with E-state index in [0.717, 1.165) is 24.8 Å². The number of amides is 1. The molecule has 0 saturated heterocycles. The summed E-state index contributed by atoms with van der Waals surface area (Å²) >= 11 is 0. The van der Waals surface area contributed by atoms with Crippen LogP contribution in [0.25, 0.3) is 10.9 Å². The number of nitrogens with one attached hydrogen (secondary N) is 2. The van der Waals surface area contributed by atoms with Gasteiger partial charge in [0.1, 0.15) is 0 Å². The molecule has 1 heterocycles. The van der Waals surface area contributed by atoms with Crippen LogP contribution >= 0.6 is 0 Å². The fourth-order valence-electron chi connectivity index (χ4n) is 4.34. The van der Waals surface area contributed by atoms with Gasteiger partial charge in [0.25, 0.3) is 0 Å². The van der Waals surface area contributed by atoms with E-state index in [4.69, 9.17) is 0 Å². The normalized spacial score (nSPS) is 16.5. The van der Waals surface area contributed by atoms with Gasteiger partial charge in [-0.3, -0.25) is 4.79 Å². The first-order valence-corrected chi connectivity index (χ1v) is 9.46. The Labute approximate surface area is 154 Å². The monoisotopic (exact) mass is 346 g/mol. The average Bonchev–Trinajstić information content (AvgIpc) is 2.94. The molecule has 134 valence electrons. The van der Waals surface area contributed by atoms with Crippen LogP contribution in [0.15, 0.2) is 36.4 Å². The van der Waals surface area contributed by atoms with Crippen molar-refractivity contribution < 1.29 is 4.79 Å². The van der Waals surface area contributed by atoms with Crippen LogP contribution in [0.4, 0.5) is 0 Å². The number of carbonyl (C=O) groups excluding carboxylic acids is 1. The van der Waals surface area contributed by atoms with E-state index >= 15 is 0 Å². The van der Waals surface area contributed by atoms with Crippen molar-refractivity contribution in [3.63, 3.8) is 0 Å². The maximum atomic E-state index is 12.5. The lowest BCUT2D eigenvalue weighted by Crippen LogP contribution is -2.39. The number of hydrogen-bond acceptors (Lipinski definition) is 1. The molecule has 0 saturated carbocycles. The Balaban J connectivity index is 1.51. The molecule has 3 nitrogen and oxygen atoms in total. The molecule has 3 aromatic rings. The lowest BCUT2D eigenvalue weighted by molar-refractivity contribution is -0.121. The third-order valence-electron chi connectivity index (χ3n) is 5.60. The molecule has 4 rings (SSSR count). The average molecular weight is 346 g/mol. The number of aryl methyl sites for hydroxylation is 4. The summed E-state index contributed by atoms with van der Waals surface area (Å²) in [6, 6.07) is 12.8. The van der Waals surface area contributed by atoms with Gasteiger partial charge >= 0.3 is 0 Å². The summed E-state index contributed by atoms with van der Waals surface area (Å²) in [4.78, 5) is 16.1. The van der Waals surface area contributed by atoms with Gasteiger partial charge in [-0.25, -0.2) is 0 Å². The van der Waals surface area contributed by atoms with Crippen molar-refractivity contribution in [2.45, 2.75) is 52.5 Å². The highest BCUT2D eigenvalue weighted by Crippen LogP contribution is 2.32. The van der Waals surface area contributed by atoms with E-state index in [1.165, 1.54) is 38.9 Å². The maximum Gasteiger partial charge on any atom is 0.224 e. The highest BCUT2D eigenvalue weighted by atomic mass is 16.1. The topological polar surface area (TPSA) is 44.9 Å². The molecule has 1 amide bonds. The zero-order chi connectivity index (χ0) is 18.3. The number of aromatic amines is 1. The molecule has 3 heteroatoms. The van der Waals surface area contributed by atoms with Crippen molar-refractivity contribution in [1.29, 1.82) is 0 Å². The molecule has 1 aliphatic rings. The number of carbonyl (C=O) groups is 1. The van der Waals surface area contributed by atoms with E-state index in [0.29, 0.717) is 6.42 Å². The van der Waals surface area contributed by atoms with E-state index in [9.17, 15) is 4.79 Å². The molecule has 0 radical (unpaired) electrons. The van der Waals surface area contributed by atoms with Crippen LogP contribution in [-0.4, -0.2) is 16.9 Å². The standard InChI is InChI=1S/C23H26N2O/c1-14-10-16(3)23-19-13-18(8-9-20(19)25-21(23)11-14)24-22(26)12-17-7-5-4-6-15(17)2/h4-7,10-11,18,25H,8-9,12-13H2,1-3H3,(H,24,26)/t18-/m0/s1. The number of fused-ring (bicyclic) bond motifs is 3. The van der Waals surface area contributed by atoms with Gasteiger partial charge in [0, 0.05) is 22.6 Å². The second-order valence-corrected chi connectivity index (χ2v) is 7.70. The van der Waals surface area contributed by atoms with Crippen LogP contribution in [-0.2, 0) is 24.1 Å². The van der Waals surface area contributed by atoms with Gasteiger partial charge in [-0.05, 0) is 73.9 Å². The largest absolute Gasteiger partial charge is 0.358 e. The first kappa shape index (κ1) is 16.9. The first-order chi connectivity index (χ1) is 12.5. The molecular formula is C23H26N2O. The number of rotatable bonds is 3. The summed E-state index contributed by atoms with van der Waals surface area (Å²) < 4.78 is 0. The van der Waals surface area contributed by atoms with Crippen molar-refractivity contribution in [1.82, 2.24) is 10.3 Å². The first-order valence-electron chi connectivity index (χ1n) is 9.46. The summed E-state index contributed by atoms with van der Waals surface area (Å²) in [7, 11) is 0. The number of aromatic nitrogens is 1. The van der Waals surface area contributed by atoms with Gasteiger partial charge in [0.05, 0.1) is 6.42 Å². The zero-order valence-corrected chi connectivity index (χ0v) is 15.8. The van der Waals surface area contributed by atoms with E-state index in [2.05, 4.69) is 49.3 Å². The second kappa shape index (κ2) is 6.64. The lowest BCUT2D eigenvalue weighted by atomic mass is 9.90. The van der Waals surface area contributed by atoms with Crippen LogP contribution in [0.3, 0.4) is 0 Å². The van der Waals surface area contributed by atoms with Crippen molar-refractivity contribution in [2.24, 2.45) is 0 Å². The molecule has 0 fully saturated rings. The Morgan fingerprint density at radius 1 is 1.15 bits per heavy atom.